The van der Waals surface area contributed by atoms with E-state index < -0.39 is 0 Å². The Morgan fingerprint density at radius 2 is 1.70 bits per heavy atom. The minimum Gasteiger partial charge on any atom is -0.342 e. The monoisotopic (exact) mass is 323 g/mol. The summed E-state index contributed by atoms with van der Waals surface area (Å²) < 4.78 is 0. The molecule has 1 atom stereocenters. The van der Waals surface area contributed by atoms with Gasteiger partial charge in [0.1, 0.15) is 0 Å². The molecule has 2 rings (SSSR count). The van der Waals surface area contributed by atoms with E-state index in [4.69, 9.17) is 0 Å². The van der Waals surface area contributed by atoms with Gasteiger partial charge in [-0.15, -0.1) is 0 Å². The Morgan fingerprint density at radius 1 is 1.04 bits per heavy atom. The van der Waals surface area contributed by atoms with E-state index in [1.165, 1.54) is 0 Å². The van der Waals surface area contributed by atoms with Crippen LogP contribution in [0.15, 0.2) is 0 Å². The number of piperazine rings is 1. The number of hydrogen-bond acceptors (Lipinski definition) is 3. The average Bonchev–Trinajstić information content (AvgIpc) is 2.93. The van der Waals surface area contributed by atoms with Crippen molar-refractivity contribution >= 4 is 17.7 Å². The van der Waals surface area contributed by atoms with Crippen LogP contribution in [0.5, 0.6) is 0 Å². The lowest BCUT2D eigenvalue weighted by Gasteiger charge is -2.36. The molecule has 0 spiro atoms. The molecule has 0 saturated carbocycles. The topological polar surface area (TPSA) is 60.9 Å². The smallest absolute Gasteiger partial charge is 0.228 e. The zero-order chi connectivity index (χ0) is 16.8. The maximum Gasteiger partial charge on any atom is 0.228 e. The van der Waals surface area contributed by atoms with E-state index in [1.807, 2.05) is 16.7 Å². The lowest BCUT2D eigenvalue weighted by atomic mass is 10.1. The first-order valence-electron chi connectivity index (χ1n) is 8.91. The summed E-state index contributed by atoms with van der Waals surface area (Å²) in [4.78, 5) is 42.0. The molecule has 130 valence electrons. The number of rotatable bonds is 6. The molecule has 2 saturated heterocycles. The lowest BCUT2D eigenvalue weighted by Crippen LogP contribution is -2.52. The highest BCUT2D eigenvalue weighted by Gasteiger charge is 2.37. The van der Waals surface area contributed by atoms with Crippen molar-refractivity contribution in [3.63, 3.8) is 0 Å². The Hall–Kier alpha value is -1.59. The third kappa shape index (κ3) is 4.45. The van der Waals surface area contributed by atoms with Gasteiger partial charge in [-0.05, 0) is 12.8 Å². The van der Waals surface area contributed by atoms with Gasteiger partial charge in [-0.2, -0.15) is 0 Å². The van der Waals surface area contributed by atoms with Gasteiger partial charge in [0.05, 0.1) is 5.92 Å². The maximum atomic E-state index is 12.6. The van der Waals surface area contributed by atoms with Gasteiger partial charge in [0.2, 0.25) is 17.7 Å². The number of amides is 3. The molecule has 3 amide bonds. The van der Waals surface area contributed by atoms with E-state index in [1.54, 1.807) is 4.90 Å². The van der Waals surface area contributed by atoms with Gasteiger partial charge in [-0.1, -0.05) is 20.3 Å². The van der Waals surface area contributed by atoms with Crippen LogP contribution in [0.4, 0.5) is 0 Å². The molecule has 2 fully saturated rings. The van der Waals surface area contributed by atoms with E-state index >= 15 is 0 Å². The molecule has 0 bridgehead atoms. The first kappa shape index (κ1) is 17.8. The van der Waals surface area contributed by atoms with Crippen LogP contribution in [0, 0.1) is 5.92 Å². The predicted octanol–water partition coefficient (Wildman–Crippen LogP) is 1.11. The van der Waals surface area contributed by atoms with Gasteiger partial charge in [0, 0.05) is 52.1 Å². The van der Waals surface area contributed by atoms with Gasteiger partial charge < -0.3 is 14.7 Å². The summed E-state index contributed by atoms with van der Waals surface area (Å²) in [5.41, 5.74) is 0. The molecule has 2 aliphatic rings. The van der Waals surface area contributed by atoms with Gasteiger partial charge in [-0.3, -0.25) is 14.4 Å². The molecule has 1 unspecified atom stereocenters. The zero-order valence-corrected chi connectivity index (χ0v) is 14.4. The fourth-order valence-corrected chi connectivity index (χ4v) is 3.34. The van der Waals surface area contributed by atoms with Crippen molar-refractivity contribution in [2.75, 3.05) is 39.3 Å². The van der Waals surface area contributed by atoms with Crippen molar-refractivity contribution in [1.29, 1.82) is 0 Å². The highest BCUT2D eigenvalue weighted by molar-refractivity contribution is 5.89. The van der Waals surface area contributed by atoms with Crippen LogP contribution in [0.1, 0.15) is 46.0 Å². The van der Waals surface area contributed by atoms with E-state index in [0.717, 1.165) is 25.8 Å². The lowest BCUT2D eigenvalue weighted by molar-refractivity contribution is -0.142. The van der Waals surface area contributed by atoms with Gasteiger partial charge in [0.15, 0.2) is 0 Å². The van der Waals surface area contributed by atoms with Crippen molar-refractivity contribution in [3.05, 3.63) is 0 Å². The molecule has 0 aromatic rings. The molecule has 2 aliphatic heterocycles. The molecule has 23 heavy (non-hydrogen) atoms. The summed E-state index contributed by atoms with van der Waals surface area (Å²) in [6.45, 7) is 7.83. The average molecular weight is 323 g/mol. The summed E-state index contributed by atoms with van der Waals surface area (Å²) in [6.07, 6.45) is 3.82. The number of carbonyl (C=O) groups is 3. The predicted molar refractivity (Wildman–Crippen MR) is 87.7 cm³/mol. The van der Waals surface area contributed by atoms with Gasteiger partial charge in [-0.25, -0.2) is 0 Å². The molecule has 0 radical (unpaired) electrons. The van der Waals surface area contributed by atoms with Crippen LogP contribution in [0.3, 0.4) is 0 Å². The third-order valence-electron chi connectivity index (χ3n) is 4.75. The Kier molecular flexibility index (Phi) is 6.42. The van der Waals surface area contributed by atoms with E-state index in [0.29, 0.717) is 45.6 Å². The van der Waals surface area contributed by atoms with Crippen molar-refractivity contribution in [3.8, 4) is 0 Å². The van der Waals surface area contributed by atoms with E-state index in [9.17, 15) is 14.4 Å². The van der Waals surface area contributed by atoms with Crippen LogP contribution in [0.2, 0.25) is 0 Å². The maximum absolute atomic E-state index is 12.6. The van der Waals surface area contributed by atoms with E-state index in [2.05, 4.69) is 6.92 Å². The summed E-state index contributed by atoms with van der Waals surface area (Å²) in [7, 11) is 0. The molecule has 0 aromatic carbocycles. The second kappa shape index (κ2) is 8.31. The van der Waals surface area contributed by atoms with Crippen molar-refractivity contribution in [1.82, 2.24) is 14.7 Å². The summed E-state index contributed by atoms with van der Waals surface area (Å²) in [5.74, 6) is 0.177. The van der Waals surface area contributed by atoms with Crippen LogP contribution < -0.4 is 0 Å². The summed E-state index contributed by atoms with van der Waals surface area (Å²) in [6, 6.07) is 0. The minimum atomic E-state index is -0.198. The number of unbranched alkanes of at least 4 members (excludes halogenated alkanes) is 1. The van der Waals surface area contributed by atoms with Crippen LogP contribution in [-0.2, 0) is 14.4 Å². The number of hydrogen-bond donors (Lipinski definition) is 0. The van der Waals surface area contributed by atoms with Crippen LogP contribution >= 0.6 is 0 Å². The molecule has 2 heterocycles. The number of nitrogens with zero attached hydrogens (tertiary/aromatic N) is 3. The molecule has 0 aliphatic carbocycles. The second-order valence-corrected chi connectivity index (χ2v) is 6.55. The Balaban J connectivity index is 1.80. The molecule has 0 N–H and O–H groups in total. The van der Waals surface area contributed by atoms with Gasteiger partial charge >= 0.3 is 0 Å². The first-order chi connectivity index (χ1) is 11.1. The highest BCUT2D eigenvalue weighted by Crippen LogP contribution is 2.21. The fourth-order valence-electron chi connectivity index (χ4n) is 3.34. The number of carbonyl (C=O) groups excluding carboxylic acids is 3. The second-order valence-electron chi connectivity index (χ2n) is 6.55. The van der Waals surface area contributed by atoms with E-state index in [-0.39, 0.29) is 23.6 Å². The summed E-state index contributed by atoms with van der Waals surface area (Å²) >= 11 is 0. The van der Waals surface area contributed by atoms with Crippen LogP contribution in [-0.4, -0.2) is 71.7 Å². The SMILES string of the molecule is CCCCC(=O)N1CCN(C(=O)C2CC(=O)N(CCC)C2)CC1. The zero-order valence-electron chi connectivity index (χ0n) is 14.4. The minimum absolute atomic E-state index is 0.0811. The number of likely N-dealkylation sites (tertiary alicyclic amines) is 1. The third-order valence-corrected chi connectivity index (χ3v) is 4.75. The Labute approximate surface area is 138 Å². The van der Waals surface area contributed by atoms with Crippen molar-refractivity contribution in [2.45, 2.75) is 46.0 Å². The quantitative estimate of drug-likeness (QED) is 0.735. The molecular formula is C17H29N3O3. The molecular weight excluding hydrogens is 294 g/mol. The normalized spacial score (nSPS) is 21.9. The van der Waals surface area contributed by atoms with Crippen LogP contribution in [0.25, 0.3) is 0 Å². The van der Waals surface area contributed by atoms with Gasteiger partial charge in [0.25, 0.3) is 0 Å². The Bertz CT molecular complexity index is 444. The standard InChI is InChI=1S/C17H29N3O3/c1-3-5-6-15(21)18-8-10-19(11-9-18)17(23)14-12-16(22)20(13-14)7-4-2/h14H,3-13H2,1-2H3. The molecule has 6 nitrogen and oxygen atoms in total. The van der Waals surface area contributed by atoms with Crippen molar-refractivity contribution in [2.24, 2.45) is 5.92 Å². The molecule has 6 heteroatoms. The fraction of sp³-hybridized carbons (Fsp3) is 0.824. The molecule has 0 aromatic heterocycles. The Morgan fingerprint density at radius 3 is 2.30 bits per heavy atom. The largest absolute Gasteiger partial charge is 0.342 e. The summed E-state index contributed by atoms with van der Waals surface area (Å²) in [5, 5.41) is 0. The first-order valence-corrected chi connectivity index (χ1v) is 8.91. The van der Waals surface area contributed by atoms with Crippen molar-refractivity contribution < 1.29 is 14.4 Å². The highest BCUT2D eigenvalue weighted by atomic mass is 16.2.